The summed E-state index contributed by atoms with van der Waals surface area (Å²) in [5.41, 5.74) is 3.82. The molecule has 0 aromatic heterocycles. The lowest BCUT2D eigenvalue weighted by molar-refractivity contribution is 1.38. The van der Waals surface area contributed by atoms with Crippen LogP contribution in [0.15, 0.2) is 37.9 Å². The Bertz CT molecular complexity index is 259. The average Bonchev–Trinajstić information content (AvgIpc) is 2.13. The monoisotopic (exact) mass is 160 g/mol. The van der Waals surface area contributed by atoms with Crippen molar-refractivity contribution >= 4 is 6.08 Å². The highest BCUT2D eigenvalue weighted by Gasteiger charge is 1.91. The molecular weight excluding hydrogens is 144 g/mol. The molecule has 0 spiro atoms. The van der Waals surface area contributed by atoms with Gasteiger partial charge in [0.1, 0.15) is 0 Å². The molecule has 0 atom stereocenters. The molecule has 0 amide bonds. The van der Waals surface area contributed by atoms with Gasteiger partial charge >= 0.3 is 0 Å². The van der Waals surface area contributed by atoms with Crippen molar-refractivity contribution in [3.05, 3.63) is 54.6 Å². The Hall–Kier alpha value is -1.30. The predicted molar refractivity (Wildman–Crippen MR) is 57.3 cm³/mol. The average molecular weight is 160 g/mol. The Morgan fingerprint density at radius 1 is 1.17 bits per heavy atom. The fourth-order valence-electron chi connectivity index (χ4n) is 0.980. The van der Waals surface area contributed by atoms with Gasteiger partial charge in [-0.05, 0) is 25.0 Å². The summed E-state index contributed by atoms with van der Waals surface area (Å²) in [5.74, 6) is 0. The van der Waals surface area contributed by atoms with Crippen molar-refractivity contribution < 1.29 is 0 Å². The maximum Gasteiger partial charge on any atom is -0.0231 e. The summed E-state index contributed by atoms with van der Waals surface area (Å²) in [5, 5.41) is 0. The molecular formula is C12H16. The molecule has 0 N–H and O–H groups in total. The SMILES string of the molecule is C=C.C=Cc1cc(C)ccc1C. The zero-order valence-corrected chi connectivity index (χ0v) is 7.93. The van der Waals surface area contributed by atoms with Crippen LogP contribution in [0.2, 0.25) is 0 Å². The molecule has 0 aliphatic rings. The van der Waals surface area contributed by atoms with Gasteiger partial charge < -0.3 is 0 Å². The highest BCUT2D eigenvalue weighted by atomic mass is 14.0. The van der Waals surface area contributed by atoms with E-state index in [0.29, 0.717) is 0 Å². The van der Waals surface area contributed by atoms with Crippen molar-refractivity contribution in [3.63, 3.8) is 0 Å². The standard InChI is InChI=1S/C10H12.C2H4/c1-4-10-7-8(2)5-6-9(10)3;1-2/h4-7H,1H2,2-3H3;1-2H2. The molecule has 1 rings (SSSR count). The van der Waals surface area contributed by atoms with Crippen LogP contribution in [-0.4, -0.2) is 0 Å². The van der Waals surface area contributed by atoms with Crippen LogP contribution in [0.1, 0.15) is 16.7 Å². The summed E-state index contributed by atoms with van der Waals surface area (Å²) in [4.78, 5) is 0. The summed E-state index contributed by atoms with van der Waals surface area (Å²) >= 11 is 0. The van der Waals surface area contributed by atoms with Crippen LogP contribution in [0.5, 0.6) is 0 Å². The molecule has 0 radical (unpaired) electrons. The molecule has 1 aromatic carbocycles. The zero-order chi connectivity index (χ0) is 9.56. The van der Waals surface area contributed by atoms with E-state index in [2.05, 4.69) is 51.8 Å². The molecule has 0 unspecified atom stereocenters. The lowest BCUT2D eigenvalue weighted by atomic mass is 10.1. The molecule has 0 heteroatoms. The van der Waals surface area contributed by atoms with Gasteiger partial charge in [-0.1, -0.05) is 36.4 Å². The van der Waals surface area contributed by atoms with Crippen molar-refractivity contribution in [1.29, 1.82) is 0 Å². The maximum absolute atomic E-state index is 3.73. The van der Waals surface area contributed by atoms with E-state index in [-0.39, 0.29) is 0 Å². The van der Waals surface area contributed by atoms with Crippen LogP contribution in [0.25, 0.3) is 6.08 Å². The number of rotatable bonds is 1. The van der Waals surface area contributed by atoms with Crippen LogP contribution >= 0.6 is 0 Å². The van der Waals surface area contributed by atoms with E-state index < -0.39 is 0 Å². The molecule has 12 heavy (non-hydrogen) atoms. The molecule has 0 fully saturated rings. The third kappa shape index (κ3) is 2.75. The van der Waals surface area contributed by atoms with E-state index in [9.17, 15) is 0 Å². The van der Waals surface area contributed by atoms with Crippen LogP contribution < -0.4 is 0 Å². The quantitative estimate of drug-likeness (QED) is 0.549. The van der Waals surface area contributed by atoms with Gasteiger partial charge in [0, 0.05) is 0 Å². The van der Waals surface area contributed by atoms with Crippen LogP contribution in [0.3, 0.4) is 0 Å². The zero-order valence-electron chi connectivity index (χ0n) is 7.93. The predicted octanol–water partition coefficient (Wildman–Crippen LogP) is 3.75. The Balaban J connectivity index is 0.000000561. The lowest BCUT2D eigenvalue weighted by Crippen LogP contribution is -1.80. The Kier molecular flexibility index (Phi) is 4.78. The molecule has 0 nitrogen and oxygen atoms in total. The van der Waals surface area contributed by atoms with Gasteiger partial charge in [0.15, 0.2) is 0 Å². The third-order valence-corrected chi connectivity index (χ3v) is 1.65. The number of hydrogen-bond donors (Lipinski definition) is 0. The van der Waals surface area contributed by atoms with Crippen molar-refractivity contribution in [2.24, 2.45) is 0 Å². The number of benzene rings is 1. The Morgan fingerprint density at radius 3 is 2.17 bits per heavy atom. The van der Waals surface area contributed by atoms with Crippen molar-refractivity contribution in [3.8, 4) is 0 Å². The minimum absolute atomic E-state index is 1.24. The van der Waals surface area contributed by atoms with E-state index >= 15 is 0 Å². The lowest BCUT2D eigenvalue weighted by Gasteiger charge is -1.99. The smallest absolute Gasteiger partial charge is 0.0231 e. The first-order valence-electron chi connectivity index (χ1n) is 3.93. The largest absolute Gasteiger partial charge is 0.106 e. The summed E-state index contributed by atoms with van der Waals surface area (Å²) in [6, 6.07) is 6.37. The highest BCUT2D eigenvalue weighted by molar-refractivity contribution is 5.52. The molecule has 0 saturated carbocycles. The minimum Gasteiger partial charge on any atom is -0.106 e. The van der Waals surface area contributed by atoms with Gasteiger partial charge in [-0.2, -0.15) is 0 Å². The van der Waals surface area contributed by atoms with E-state index in [1.165, 1.54) is 16.7 Å². The highest BCUT2D eigenvalue weighted by Crippen LogP contribution is 2.10. The van der Waals surface area contributed by atoms with Crippen LogP contribution in [0, 0.1) is 13.8 Å². The molecule has 0 bridgehead atoms. The van der Waals surface area contributed by atoms with Crippen molar-refractivity contribution in [1.82, 2.24) is 0 Å². The summed E-state index contributed by atoms with van der Waals surface area (Å²) < 4.78 is 0. The van der Waals surface area contributed by atoms with Gasteiger partial charge in [0.05, 0.1) is 0 Å². The Morgan fingerprint density at radius 2 is 1.75 bits per heavy atom. The summed E-state index contributed by atoms with van der Waals surface area (Å²) in [7, 11) is 0. The third-order valence-electron chi connectivity index (χ3n) is 1.65. The molecule has 0 saturated heterocycles. The van der Waals surface area contributed by atoms with Gasteiger partial charge in [0.25, 0.3) is 0 Å². The van der Waals surface area contributed by atoms with E-state index in [1.54, 1.807) is 0 Å². The molecule has 0 aliphatic carbocycles. The molecule has 64 valence electrons. The molecule has 0 aliphatic heterocycles. The van der Waals surface area contributed by atoms with Gasteiger partial charge in [-0.3, -0.25) is 0 Å². The van der Waals surface area contributed by atoms with Crippen molar-refractivity contribution in [2.75, 3.05) is 0 Å². The van der Waals surface area contributed by atoms with E-state index in [1.807, 2.05) is 6.08 Å². The second-order valence-corrected chi connectivity index (χ2v) is 2.56. The van der Waals surface area contributed by atoms with Crippen LogP contribution in [0.4, 0.5) is 0 Å². The second kappa shape index (κ2) is 5.36. The first kappa shape index (κ1) is 10.7. The molecule has 0 heterocycles. The fraction of sp³-hybridized carbons (Fsp3) is 0.167. The van der Waals surface area contributed by atoms with Crippen molar-refractivity contribution in [2.45, 2.75) is 13.8 Å². The first-order valence-corrected chi connectivity index (χ1v) is 3.93. The minimum atomic E-state index is 1.24. The van der Waals surface area contributed by atoms with Crippen LogP contribution in [-0.2, 0) is 0 Å². The Labute approximate surface area is 75.2 Å². The summed E-state index contributed by atoms with van der Waals surface area (Å²) in [6.45, 7) is 13.9. The number of aryl methyl sites for hydroxylation is 2. The molecule has 1 aromatic rings. The fourth-order valence-corrected chi connectivity index (χ4v) is 0.980. The number of hydrogen-bond acceptors (Lipinski definition) is 0. The first-order chi connectivity index (χ1) is 5.74. The summed E-state index contributed by atoms with van der Waals surface area (Å²) in [6.07, 6.45) is 1.89. The van der Waals surface area contributed by atoms with Gasteiger partial charge in [0.2, 0.25) is 0 Å². The van der Waals surface area contributed by atoms with Gasteiger partial charge in [-0.25, -0.2) is 0 Å². The van der Waals surface area contributed by atoms with E-state index in [4.69, 9.17) is 0 Å². The topological polar surface area (TPSA) is 0 Å². The maximum atomic E-state index is 3.73. The second-order valence-electron chi connectivity index (χ2n) is 2.56. The van der Waals surface area contributed by atoms with E-state index in [0.717, 1.165) is 0 Å². The normalized spacial score (nSPS) is 8.17. The van der Waals surface area contributed by atoms with Gasteiger partial charge in [-0.15, -0.1) is 13.2 Å².